The number of ether oxygens (including phenoxy) is 3. The summed E-state index contributed by atoms with van der Waals surface area (Å²) in [5.41, 5.74) is 9.93. The number of hydrogen-bond donors (Lipinski definition) is 2. The van der Waals surface area contributed by atoms with Crippen molar-refractivity contribution in [3.05, 3.63) is 46.8 Å². The zero-order valence-corrected chi connectivity index (χ0v) is 16.6. The summed E-state index contributed by atoms with van der Waals surface area (Å²) in [6, 6.07) is 5.85. The molecule has 7 heteroatoms. The molecular weight excluding hydrogens is 344 g/mol. The summed E-state index contributed by atoms with van der Waals surface area (Å²) in [5, 5.41) is 3.12. The number of pyridine rings is 1. The van der Waals surface area contributed by atoms with Gasteiger partial charge in [0, 0.05) is 23.9 Å². The molecule has 0 aliphatic rings. The number of aliphatic imine (C=N–C) groups is 1. The first-order valence-electron chi connectivity index (χ1n) is 8.73. The van der Waals surface area contributed by atoms with Gasteiger partial charge in [-0.3, -0.25) is 4.98 Å². The van der Waals surface area contributed by atoms with Crippen molar-refractivity contribution in [1.82, 2.24) is 10.3 Å². The smallest absolute Gasteiger partial charge is 0.188 e. The summed E-state index contributed by atoms with van der Waals surface area (Å²) in [7, 11) is 4.91. The maximum atomic E-state index is 5.97. The molecule has 2 rings (SSSR count). The van der Waals surface area contributed by atoms with Crippen LogP contribution in [0.3, 0.4) is 0 Å². The van der Waals surface area contributed by atoms with Crippen LogP contribution in [0.1, 0.15) is 22.4 Å². The van der Waals surface area contributed by atoms with E-state index in [1.807, 2.05) is 32.0 Å². The highest BCUT2D eigenvalue weighted by atomic mass is 16.5. The van der Waals surface area contributed by atoms with E-state index in [-0.39, 0.29) is 0 Å². The number of nitrogens with one attached hydrogen (secondary N) is 1. The zero-order valence-electron chi connectivity index (χ0n) is 16.6. The van der Waals surface area contributed by atoms with Crippen LogP contribution in [0.15, 0.2) is 29.4 Å². The van der Waals surface area contributed by atoms with Gasteiger partial charge >= 0.3 is 0 Å². The van der Waals surface area contributed by atoms with Crippen molar-refractivity contribution in [3.63, 3.8) is 0 Å². The molecule has 1 aromatic heterocycles. The molecule has 2 aromatic rings. The Kier molecular flexibility index (Phi) is 7.28. The average molecular weight is 372 g/mol. The normalized spacial score (nSPS) is 11.2. The SMILES string of the molecule is COc1ccc(CCNC(N)=NCc2ncc(C)c(OC)c2C)cc1OC. The summed E-state index contributed by atoms with van der Waals surface area (Å²) in [6.45, 7) is 5.01. The summed E-state index contributed by atoms with van der Waals surface area (Å²) in [6.07, 6.45) is 2.57. The van der Waals surface area contributed by atoms with Gasteiger partial charge in [-0.15, -0.1) is 0 Å². The van der Waals surface area contributed by atoms with Crippen molar-refractivity contribution in [2.24, 2.45) is 10.7 Å². The Bertz CT molecular complexity index is 806. The maximum Gasteiger partial charge on any atom is 0.188 e. The fourth-order valence-electron chi connectivity index (χ4n) is 2.82. The van der Waals surface area contributed by atoms with Crippen LogP contribution in [0.4, 0.5) is 0 Å². The molecule has 3 N–H and O–H groups in total. The Morgan fingerprint density at radius 3 is 2.52 bits per heavy atom. The van der Waals surface area contributed by atoms with Gasteiger partial charge in [0.25, 0.3) is 0 Å². The van der Waals surface area contributed by atoms with Crippen LogP contribution in [-0.2, 0) is 13.0 Å². The Balaban J connectivity index is 1.92. The lowest BCUT2D eigenvalue weighted by molar-refractivity contribution is 0.354. The highest BCUT2D eigenvalue weighted by Crippen LogP contribution is 2.27. The Labute approximate surface area is 160 Å². The number of hydrogen-bond acceptors (Lipinski definition) is 5. The van der Waals surface area contributed by atoms with Gasteiger partial charge in [-0.05, 0) is 38.0 Å². The summed E-state index contributed by atoms with van der Waals surface area (Å²) in [4.78, 5) is 8.80. The van der Waals surface area contributed by atoms with Crippen LogP contribution >= 0.6 is 0 Å². The molecule has 0 saturated carbocycles. The lowest BCUT2D eigenvalue weighted by Crippen LogP contribution is -2.33. The van der Waals surface area contributed by atoms with Gasteiger partial charge < -0.3 is 25.3 Å². The van der Waals surface area contributed by atoms with Crippen LogP contribution in [0, 0.1) is 13.8 Å². The van der Waals surface area contributed by atoms with E-state index < -0.39 is 0 Å². The van der Waals surface area contributed by atoms with Crippen molar-refractivity contribution in [2.75, 3.05) is 27.9 Å². The molecule has 0 amide bonds. The van der Waals surface area contributed by atoms with Crippen LogP contribution < -0.4 is 25.3 Å². The molecule has 0 bridgehead atoms. The van der Waals surface area contributed by atoms with Crippen molar-refractivity contribution in [3.8, 4) is 17.2 Å². The monoisotopic (exact) mass is 372 g/mol. The van der Waals surface area contributed by atoms with Crippen molar-refractivity contribution in [1.29, 1.82) is 0 Å². The Hall–Kier alpha value is -2.96. The zero-order chi connectivity index (χ0) is 19.8. The van der Waals surface area contributed by atoms with E-state index >= 15 is 0 Å². The highest BCUT2D eigenvalue weighted by molar-refractivity contribution is 5.77. The molecule has 1 aromatic carbocycles. The maximum absolute atomic E-state index is 5.97. The van der Waals surface area contributed by atoms with Gasteiger partial charge in [-0.2, -0.15) is 0 Å². The predicted octanol–water partition coefficient (Wildman–Crippen LogP) is 2.37. The van der Waals surface area contributed by atoms with Crippen LogP contribution in [-0.4, -0.2) is 38.8 Å². The minimum atomic E-state index is 0.385. The van der Waals surface area contributed by atoms with E-state index in [1.54, 1.807) is 27.5 Å². The van der Waals surface area contributed by atoms with Gasteiger partial charge in [0.1, 0.15) is 5.75 Å². The molecule has 0 fully saturated rings. The minimum absolute atomic E-state index is 0.385. The topological polar surface area (TPSA) is 91.0 Å². The van der Waals surface area contributed by atoms with Crippen molar-refractivity contribution >= 4 is 5.96 Å². The fourth-order valence-corrected chi connectivity index (χ4v) is 2.82. The summed E-state index contributed by atoms with van der Waals surface area (Å²) < 4.78 is 16.0. The molecule has 0 spiro atoms. The minimum Gasteiger partial charge on any atom is -0.496 e. The second-order valence-electron chi connectivity index (χ2n) is 6.11. The second-order valence-corrected chi connectivity index (χ2v) is 6.11. The van der Waals surface area contributed by atoms with E-state index in [1.165, 1.54) is 0 Å². The summed E-state index contributed by atoms with van der Waals surface area (Å²) in [5.74, 6) is 2.66. The van der Waals surface area contributed by atoms with Gasteiger partial charge in [-0.25, -0.2) is 4.99 Å². The Morgan fingerprint density at radius 2 is 1.85 bits per heavy atom. The van der Waals surface area contributed by atoms with Crippen LogP contribution in [0.5, 0.6) is 17.2 Å². The third-order valence-corrected chi connectivity index (χ3v) is 4.32. The molecule has 7 nitrogen and oxygen atoms in total. The first-order chi connectivity index (χ1) is 13.0. The number of nitrogens with two attached hydrogens (primary N) is 1. The largest absolute Gasteiger partial charge is 0.496 e. The molecule has 27 heavy (non-hydrogen) atoms. The van der Waals surface area contributed by atoms with E-state index in [0.717, 1.165) is 34.6 Å². The fraction of sp³-hybridized carbons (Fsp3) is 0.400. The van der Waals surface area contributed by atoms with Crippen molar-refractivity contribution < 1.29 is 14.2 Å². The average Bonchev–Trinajstić information content (AvgIpc) is 2.67. The molecule has 0 unspecified atom stereocenters. The number of guanidine groups is 1. The van der Waals surface area contributed by atoms with Gasteiger partial charge in [-0.1, -0.05) is 6.07 Å². The number of methoxy groups -OCH3 is 3. The quantitative estimate of drug-likeness (QED) is 0.546. The highest BCUT2D eigenvalue weighted by Gasteiger charge is 2.09. The standard InChI is InChI=1S/C20H28N4O3/c1-13-11-23-16(14(2)19(13)27-5)12-24-20(21)22-9-8-15-6-7-17(25-3)18(10-15)26-4/h6-7,10-11H,8-9,12H2,1-5H3,(H3,21,22,24). The molecule has 0 aliphatic heterocycles. The van der Waals surface area contributed by atoms with E-state index in [2.05, 4.69) is 15.3 Å². The van der Waals surface area contributed by atoms with E-state index in [0.29, 0.717) is 30.5 Å². The second kappa shape index (κ2) is 9.66. The van der Waals surface area contributed by atoms with Gasteiger partial charge in [0.05, 0.1) is 33.6 Å². The molecule has 0 radical (unpaired) electrons. The van der Waals surface area contributed by atoms with Crippen molar-refractivity contribution in [2.45, 2.75) is 26.8 Å². The molecular formula is C20H28N4O3. The molecule has 0 atom stereocenters. The van der Waals surface area contributed by atoms with E-state index in [9.17, 15) is 0 Å². The number of aromatic nitrogens is 1. The Morgan fingerprint density at radius 1 is 1.11 bits per heavy atom. The van der Waals surface area contributed by atoms with Gasteiger partial charge in [0.15, 0.2) is 17.5 Å². The van der Waals surface area contributed by atoms with Crippen LogP contribution in [0.2, 0.25) is 0 Å². The predicted molar refractivity (Wildman–Crippen MR) is 107 cm³/mol. The number of nitrogens with zero attached hydrogens (tertiary/aromatic N) is 2. The first-order valence-corrected chi connectivity index (χ1v) is 8.73. The van der Waals surface area contributed by atoms with Crippen LogP contribution in [0.25, 0.3) is 0 Å². The van der Waals surface area contributed by atoms with E-state index in [4.69, 9.17) is 19.9 Å². The number of aryl methyl sites for hydroxylation is 1. The third-order valence-electron chi connectivity index (χ3n) is 4.32. The summed E-state index contributed by atoms with van der Waals surface area (Å²) >= 11 is 0. The third kappa shape index (κ3) is 5.26. The van der Waals surface area contributed by atoms with Gasteiger partial charge in [0.2, 0.25) is 0 Å². The number of rotatable bonds is 8. The number of benzene rings is 1. The molecule has 146 valence electrons. The molecule has 0 aliphatic carbocycles. The lowest BCUT2D eigenvalue weighted by Gasteiger charge is -2.12. The molecule has 0 saturated heterocycles. The molecule has 1 heterocycles. The first kappa shape index (κ1) is 20.4. The lowest BCUT2D eigenvalue weighted by atomic mass is 10.1.